The lowest BCUT2D eigenvalue weighted by molar-refractivity contribution is -0.126. The molecule has 0 radical (unpaired) electrons. The van der Waals surface area contributed by atoms with E-state index in [1.807, 2.05) is 30.3 Å². The number of carbonyl (C=O) groups excluding carboxylic acids is 2. The molecule has 0 saturated carbocycles. The van der Waals surface area contributed by atoms with E-state index < -0.39 is 29.5 Å². The predicted molar refractivity (Wildman–Crippen MR) is 110 cm³/mol. The van der Waals surface area contributed by atoms with Crippen molar-refractivity contribution < 1.29 is 18.4 Å². The number of rotatable bonds is 8. The average molecular weight is 430 g/mol. The van der Waals surface area contributed by atoms with Gasteiger partial charge in [-0.15, -0.1) is 10.2 Å². The van der Waals surface area contributed by atoms with Crippen LogP contribution in [0.2, 0.25) is 0 Å². The van der Waals surface area contributed by atoms with Gasteiger partial charge in [0, 0.05) is 12.5 Å². The SMILES string of the molecule is CCC(NC(=O)Cc1cc(F)cc(F)c1)C(=O)Nc1nnc(Cc2ccccc2)s1. The first-order valence-corrected chi connectivity index (χ1v) is 10.2. The summed E-state index contributed by atoms with van der Waals surface area (Å²) in [6.45, 7) is 1.74. The van der Waals surface area contributed by atoms with Crippen molar-refractivity contribution in [2.24, 2.45) is 0 Å². The van der Waals surface area contributed by atoms with Crippen LogP contribution in [0.4, 0.5) is 13.9 Å². The molecule has 9 heteroatoms. The molecular weight excluding hydrogens is 410 g/mol. The second-order valence-corrected chi connectivity index (χ2v) is 7.70. The van der Waals surface area contributed by atoms with Crippen molar-refractivity contribution in [3.05, 3.63) is 76.3 Å². The summed E-state index contributed by atoms with van der Waals surface area (Å²) in [4.78, 5) is 24.7. The first kappa shape index (κ1) is 21.5. The van der Waals surface area contributed by atoms with Crippen LogP contribution in [0.1, 0.15) is 29.5 Å². The van der Waals surface area contributed by atoms with E-state index in [0.717, 1.165) is 28.8 Å². The fourth-order valence-corrected chi connectivity index (χ4v) is 3.61. The van der Waals surface area contributed by atoms with Crippen molar-refractivity contribution >= 4 is 28.3 Å². The van der Waals surface area contributed by atoms with E-state index >= 15 is 0 Å². The Morgan fingerprint density at radius 1 is 1.03 bits per heavy atom. The number of nitrogens with zero attached hydrogens (tertiary/aromatic N) is 2. The topological polar surface area (TPSA) is 84.0 Å². The Morgan fingerprint density at radius 3 is 2.40 bits per heavy atom. The van der Waals surface area contributed by atoms with Crippen LogP contribution in [-0.2, 0) is 22.4 Å². The third kappa shape index (κ3) is 6.15. The van der Waals surface area contributed by atoms with E-state index in [9.17, 15) is 18.4 Å². The summed E-state index contributed by atoms with van der Waals surface area (Å²) in [6, 6.07) is 11.9. The number of nitrogens with one attached hydrogen (secondary N) is 2. The Hall–Kier alpha value is -3.20. The van der Waals surface area contributed by atoms with Crippen LogP contribution in [0.15, 0.2) is 48.5 Å². The molecule has 1 atom stereocenters. The highest BCUT2D eigenvalue weighted by Gasteiger charge is 2.21. The Bertz CT molecular complexity index is 1010. The molecule has 3 rings (SSSR count). The lowest BCUT2D eigenvalue weighted by Crippen LogP contribution is -2.44. The first-order chi connectivity index (χ1) is 14.4. The highest BCUT2D eigenvalue weighted by atomic mass is 32.1. The molecule has 1 aromatic heterocycles. The summed E-state index contributed by atoms with van der Waals surface area (Å²) < 4.78 is 26.5. The summed E-state index contributed by atoms with van der Waals surface area (Å²) >= 11 is 1.26. The lowest BCUT2D eigenvalue weighted by atomic mass is 10.1. The molecule has 1 unspecified atom stereocenters. The fourth-order valence-electron chi connectivity index (χ4n) is 2.84. The summed E-state index contributed by atoms with van der Waals surface area (Å²) in [5, 5.41) is 14.4. The lowest BCUT2D eigenvalue weighted by Gasteiger charge is -2.15. The van der Waals surface area contributed by atoms with Crippen LogP contribution in [0.3, 0.4) is 0 Å². The Balaban J connectivity index is 1.56. The van der Waals surface area contributed by atoms with Gasteiger partial charge in [-0.2, -0.15) is 0 Å². The number of aromatic nitrogens is 2. The van der Waals surface area contributed by atoms with Gasteiger partial charge in [-0.3, -0.25) is 14.9 Å². The van der Waals surface area contributed by atoms with Crippen LogP contribution in [0.25, 0.3) is 0 Å². The standard InChI is InChI=1S/C21H20F2N4O2S/c1-2-17(24-18(28)10-14-8-15(22)12-16(23)9-14)20(29)25-21-27-26-19(30-21)11-13-6-4-3-5-7-13/h3-9,12,17H,2,10-11H2,1H3,(H,24,28)(H,25,27,29). The van der Waals surface area contributed by atoms with E-state index in [4.69, 9.17) is 0 Å². The Kier molecular flexibility index (Phi) is 7.18. The largest absolute Gasteiger partial charge is 0.344 e. The molecule has 0 spiro atoms. The van der Waals surface area contributed by atoms with E-state index in [1.165, 1.54) is 11.3 Å². The van der Waals surface area contributed by atoms with Gasteiger partial charge in [-0.25, -0.2) is 8.78 Å². The van der Waals surface area contributed by atoms with Gasteiger partial charge in [0.15, 0.2) is 0 Å². The maximum Gasteiger partial charge on any atom is 0.248 e. The molecule has 156 valence electrons. The molecule has 0 saturated heterocycles. The number of halogens is 2. The summed E-state index contributed by atoms with van der Waals surface area (Å²) in [5.41, 5.74) is 1.27. The minimum atomic E-state index is -0.808. The summed E-state index contributed by atoms with van der Waals surface area (Å²) in [7, 11) is 0. The van der Waals surface area contributed by atoms with Crippen molar-refractivity contribution in [2.75, 3.05) is 5.32 Å². The van der Waals surface area contributed by atoms with Crippen LogP contribution in [0, 0.1) is 11.6 Å². The monoisotopic (exact) mass is 430 g/mol. The van der Waals surface area contributed by atoms with Gasteiger partial charge in [0.1, 0.15) is 22.7 Å². The van der Waals surface area contributed by atoms with Gasteiger partial charge in [-0.1, -0.05) is 48.6 Å². The molecule has 0 bridgehead atoms. The molecule has 30 heavy (non-hydrogen) atoms. The van der Waals surface area contributed by atoms with E-state index in [1.54, 1.807) is 6.92 Å². The fraction of sp³-hybridized carbons (Fsp3) is 0.238. The maximum atomic E-state index is 13.3. The van der Waals surface area contributed by atoms with Crippen LogP contribution >= 0.6 is 11.3 Å². The normalized spacial score (nSPS) is 11.7. The molecule has 2 aromatic carbocycles. The molecule has 2 amide bonds. The molecule has 0 aliphatic rings. The van der Waals surface area contributed by atoms with E-state index in [0.29, 0.717) is 18.0 Å². The number of hydrogen-bond donors (Lipinski definition) is 2. The number of anilines is 1. The van der Waals surface area contributed by atoms with Crippen molar-refractivity contribution in [3.8, 4) is 0 Å². The minimum absolute atomic E-state index is 0.190. The molecule has 0 fully saturated rings. The van der Waals surface area contributed by atoms with Gasteiger partial charge in [-0.05, 0) is 29.7 Å². The first-order valence-electron chi connectivity index (χ1n) is 9.34. The zero-order valence-corrected chi connectivity index (χ0v) is 17.0. The van der Waals surface area contributed by atoms with Gasteiger partial charge in [0.05, 0.1) is 6.42 Å². The number of carbonyl (C=O) groups is 2. The molecule has 0 aliphatic heterocycles. The quantitative estimate of drug-likeness (QED) is 0.573. The molecule has 0 aliphatic carbocycles. The van der Waals surface area contributed by atoms with E-state index in [-0.39, 0.29) is 12.0 Å². The second-order valence-electron chi connectivity index (χ2n) is 6.64. The van der Waals surface area contributed by atoms with Crippen LogP contribution in [-0.4, -0.2) is 28.1 Å². The highest BCUT2D eigenvalue weighted by molar-refractivity contribution is 7.15. The smallest absolute Gasteiger partial charge is 0.248 e. The van der Waals surface area contributed by atoms with E-state index in [2.05, 4.69) is 20.8 Å². The average Bonchev–Trinajstić information content (AvgIpc) is 3.12. The minimum Gasteiger partial charge on any atom is -0.344 e. The van der Waals surface area contributed by atoms with Crippen molar-refractivity contribution in [1.29, 1.82) is 0 Å². The number of hydrogen-bond acceptors (Lipinski definition) is 5. The molecule has 3 aromatic rings. The molecule has 6 nitrogen and oxygen atoms in total. The molecular formula is C21H20F2N4O2S. The number of benzene rings is 2. The van der Waals surface area contributed by atoms with Crippen LogP contribution < -0.4 is 10.6 Å². The maximum absolute atomic E-state index is 13.3. The zero-order chi connectivity index (χ0) is 21.5. The summed E-state index contributed by atoms with van der Waals surface area (Å²) in [5.74, 6) is -2.46. The number of amides is 2. The predicted octanol–water partition coefficient (Wildman–Crippen LogP) is 3.48. The third-order valence-corrected chi connectivity index (χ3v) is 5.08. The van der Waals surface area contributed by atoms with Crippen molar-refractivity contribution in [2.45, 2.75) is 32.2 Å². The highest BCUT2D eigenvalue weighted by Crippen LogP contribution is 2.19. The van der Waals surface area contributed by atoms with Crippen molar-refractivity contribution in [3.63, 3.8) is 0 Å². The summed E-state index contributed by atoms with van der Waals surface area (Å²) in [6.07, 6.45) is 0.704. The second kappa shape index (κ2) is 10.0. The van der Waals surface area contributed by atoms with Gasteiger partial charge in [0.2, 0.25) is 16.9 Å². The Morgan fingerprint density at radius 2 is 1.73 bits per heavy atom. The third-order valence-electron chi connectivity index (χ3n) is 4.24. The molecule has 1 heterocycles. The van der Waals surface area contributed by atoms with Gasteiger partial charge in [0.25, 0.3) is 0 Å². The zero-order valence-electron chi connectivity index (χ0n) is 16.2. The van der Waals surface area contributed by atoms with Gasteiger partial charge >= 0.3 is 0 Å². The van der Waals surface area contributed by atoms with Crippen molar-refractivity contribution in [1.82, 2.24) is 15.5 Å². The van der Waals surface area contributed by atoms with Crippen LogP contribution in [0.5, 0.6) is 0 Å². The van der Waals surface area contributed by atoms with Gasteiger partial charge < -0.3 is 5.32 Å². The molecule has 2 N–H and O–H groups in total. The Labute approximate surface area is 176 Å².